The highest BCUT2D eigenvalue weighted by Gasteiger charge is 2.39. The van der Waals surface area contributed by atoms with Crippen LogP contribution in [0.25, 0.3) is 22.0 Å². The van der Waals surface area contributed by atoms with E-state index in [1.54, 1.807) is 23.2 Å². The number of aromatic nitrogens is 3. The molecule has 2 aliphatic heterocycles. The predicted molar refractivity (Wildman–Crippen MR) is 144 cm³/mol. The van der Waals surface area contributed by atoms with Gasteiger partial charge in [-0.05, 0) is 47.4 Å². The molecule has 0 spiro atoms. The fourth-order valence-electron chi connectivity index (χ4n) is 5.54. The zero-order valence-corrected chi connectivity index (χ0v) is 21.4. The molecule has 9 heteroatoms. The van der Waals surface area contributed by atoms with E-state index in [4.69, 9.17) is 0 Å². The van der Waals surface area contributed by atoms with E-state index < -0.39 is 12.2 Å². The van der Waals surface area contributed by atoms with Gasteiger partial charge in [-0.3, -0.25) is 19.4 Å². The van der Waals surface area contributed by atoms with E-state index in [0.717, 1.165) is 27.8 Å². The van der Waals surface area contributed by atoms with Crippen molar-refractivity contribution in [3.8, 4) is 11.1 Å². The molecule has 6 rings (SSSR count). The number of hydrogen-bond donors (Lipinski definition) is 0. The summed E-state index contributed by atoms with van der Waals surface area (Å²) in [5, 5.41) is 8.44. The molecular weight excluding hydrogens is 497 g/mol. The SMILES string of the molecule is CC(=O)c1cn(CC(=O)N2C[C@H](F)C[C@H]2C(=O)Cc2ccc3c(c2)CN=C3)c2ccc(-c3ccnnc3)cc12. The first-order valence-corrected chi connectivity index (χ1v) is 12.9. The fourth-order valence-corrected chi connectivity index (χ4v) is 5.54. The topological polar surface area (TPSA) is 97.5 Å². The van der Waals surface area contributed by atoms with Gasteiger partial charge in [-0.1, -0.05) is 24.3 Å². The molecular formula is C30H26FN5O3. The molecule has 1 saturated heterocycles. The van der Waals surface area contributed by atoms with Gasteiger partial charge in [0.15, 0.2) is 11.6 Å². The Bertz CT molecular complexity index is 1650. The number of halogens is 1. The lowest BCUT2D eigenvalue weighted by molar-refractivity contribution is -0.137. The molecule has 0 radical (unpaired) electrons. The van der Waals surface area contributed by atoms with Crippen LogP contribution in [-0.4, -0.2) is 62.1 Å². The van der Waals surface area contributed by atoms with Crippen LogP contribution in [0.2, 0.25) is 0 Å². The molecule has 39 heavy (non-hydrogen) atoms. The molecule has 8 nitrogen and oxygen atoms in total. The monoisotopic (exact) mass is 523 g/mol. The van der Waals surface area contributed by atoms with Crippen LogP contribution in [0.5, 0.6) is 0 Å². The average molecular weight is 524 g/mol. The summed E-state index contributed by atoms with van der Waals surface area (Å²) in [5.41, 5.74) is 5.86. The van der Waals surface area contributed by atoms with Crippen molar-refractivity contribution in [2.45, 2.75) is 45.1 Å². The molecule has 196 valence electrons. The third-order valence-electron chi connectivity index (χ3n) is 7.50. The maximum absolute atomic E-state index is 14.5. The van der Waals surface area contributed by atoms with Crippen molar-refractivity contribution in [1.82, 2.24) is 19.7 Å². The van der Waals surface area contributed by atoms with Crippen molar-refractivity contribution < 1.29 is 18.8 Å². The third-order valence-corrected chi connectivity index (χ3v) is 7.50. The lowest BCUT2D eigenvalue weighted by Crippen LogP contribution is -2.42. The summed E-state index contributed by atoms with van der Waals surface area (Å²) in [5.74, 6) is -0.668. The van der Waals surface area contributed by atoms with Gasteiger partial charge in [-0.15, -0.1) is 0 Å². The van der Waals surface area contributed by atoms with Gasteiger partial charge >= 0.3 is 0 Å². The van der Waals surface area contributed by atoms with Gasteiger partial charge < -0.3 is 9.47 Å². The number of carbonyl (C=O) groups is 3. The van der Waals surface area contributed by atoms with Crippen molar-refractivity contribution in [2.24, 2.45) is 4.99 Å². The van der Waals surface area contributed by atoms with Gasteiger partial charge in [0.1, 0.15) is 12.7 Å². The van der Waals surface area contributed by atoms with E-state index in [9.17, 15) is 18.8 Å². The Morgan fingerprint density at radius 1 is 1.05 bits per heavy atom. The maximum atomic E-state index is 14.5. The molecule has 2 aromatic carbocycles. The van der Waals surface area contributed by atoms with Crippen LogP contribution in [0, 0.1) is 0 Å². The summed E-state index contributed by atoms with van der Waals surface area (Å²) in [6.07, 6.45) is 5.57. The van der Waals surface area contributed by atoms with Crippen molar-refractivity contribution in [1.29, 1.82) is 0 Å². The summed E-state index contributed by atoms with van der Waals surface area (Å²) in [7, 11) is 0. The van der Waals surface area contributed by atoms with Crippen LogP contribution >= 0.6 is 0 Å². The van der Waals surface area contributed by atoms with E-state index in [2.05, 4.69) is 15.2 Å². The van der Waals surface area contributed by atoms with Crippen molar-refractivity contribution in [2.75, 3.05) is 6.54 Å². The highest BCUT2D eigenvalue weighted by atomic mass is 19.1. The minimum absolute atomic E-state index is 0.00687. The second-order valence-corrected chi connectivity index (χ2v) is 10.1. The number of carbonyl (C=O) groups excluding carboxylic acids is 3. The second kappa shape index (κ2) is 9.98. The summed E-state index contributed by atoms with van der Waals surface area (Å²) < 4.78 is 16.3. The summed E-state index contributed by atoms with van der Waals surface area (Å²) in [6, 6.07) is 12.4. The molecule has 4 heterocycles. The minimum Gasteiger partial charge on any atom is -0.337 e. The summed E-state index contributed by atoms with van der Waals surface area (Å²) in [4.78, 5) is 44.8. The standard InChI is InChI=1S/C30H26FN5O3/c1-18(37)26-16-35(27-5-4-20(10-25(26)27)22-6-7-33-34-14-22)17-30(39)36-15-24(31)11-28(36)29(38)9-19-2-3-21-12-32-13-23(21)8-19/h2-8,10,12,14,16,24,28H,9,11,13,15,17H2,1H3/t24-,28+/m1/s1. The van der Waals surface area contributed by atoms with E-state index in [1.165, 1.54) is 11.8 Å². The number of likely N-dealkylation sites (tertiary alicyclic amines) is 1. The Morgan fingerprint density at radius 3 is 2.72 bits per heavy atom. The number of Topliss-reactive ketones (excluding diaryl/α,β-unsaturated/α-hetero) is 2. The number of ketones is 2. The van der Waals surface area contributed by atoms with Crippen LogP contribution < -0.4 is 0 Å². The third kappa shape index (κ3) is 4.76. The number of nitrogens with zero attached hydrogens (tertiary/aromatic N) is 5. The molecule has 2 aliphatic rings. The van der Waals surface area contributed by atoms with Gasteiger partial charge in [0.05, 0.1) is 31.5 Å². The summed E-state index contributed by atoms with van der Waals surface area (Å²) >= 11 is 0. The Morgan fingerprint density at radius 2 is 1.92 bits per heavy atom. The molecule has 0 saturated carbocycles. The Labute approximate surface area is 224 Å². The highest BCUT2D eigenvalue weighted by molar-refractivity contribution is 6.08. The Balaban J connectivity index is 1.24. The van der Waals surface area contributed by atoms with Crippen LogP contribution in [-0.2, 0) is 29.1 Å². The maximum Gasteiger partial charge on any atom is 0.243 e. The second-order valence-electron chi connectivity index (χ2n) is 10.1. The van der Waals surface area contributed by atoms with Crippen molar-refractivity contribution >= 4 is 34.6 Å². The molecule has 0 aliphatic carbocycles. The Kier molecular flexibility index (Phi) is 6.34. The molecule has 2 atom stereocenters. The van der Waals surface area contributed by atoms with Crippen molar-refractivity contribution in [3.05, 3.63) is 83.3 Å². The largest absolute Gasteiger partial charge is 0.337 e. The van der Waals surface area contributed by atoms with Crippen LogP contribution in [0.15, 0.2) is 66.0 Å². The van der Waals surface area contributed by atoms with Crippen molar-refractivity contribution in [3.63, 3.8) is 0 Å². The predicted octanol–water partition coefficient (Wildman–Crippen LogP) is 3.98. The van der Waals surface area contributed by atoms with Crippen LogP contribution in [0.4, 0.5) is 4.39 Å². The van der Waals surface area contributed by atoms with Gasteiger partial charge in [0, 0.05) is 47.3 Å². The van der Waals surface area contributed by atoms with E-state index >= 15 is 0 Å². The molecule has 0 unspecified atom stereocenters. The highest BCUT2D eigenvalue weighted by Crippen LogP contribution is 2.29. The number of aliphatic imine (C=N–C) groups is 1. The molecule has 4 aromatic rings. The molecule has 2 aromatic heterocycles. The van der Waals surface area contributed by atoms with Gasteiger partial charge in [-0.2, -0.15) is 10.2 Å². The number of fused-ring (bicyclic) bond motifs is 2. The quantitative estimate of drug-likeness (QED) is 0.341. The first-order valence-electron chi connectivity index (χ1n) is 12.9. The molecule has 1 amide bonds. The van der Waals surface area contributed by atoms with Gasteiger partial charge in [-0.25, -0.2) is 4.39 Å². The molecule has 0 bridgehead atoms. The average Bonchev–Trinajstić information content (AvgIpc) is 3.65. The fraction of sp³-hybridized carbons (Fsp3) is 0.267. The molecule has 0 N–H and O–H groups in total. The zero-order chi connectivity index (χ0) is 27.1. The first kappa shape index (κ1) is 24.8. The lowest BCUT2D eigenvalue weighted by Gasteiger charge is -2.24. The summed E-state index contributed by atoms with van der Waals surface area (Å²) in [6.45, 7) is 1.85. The van der Waals surface area contributed by atoms with E-state index in [1.807, 2.05) is 48.7 Å². The van der Waals surface area contributed by atoms with Gasteiger partial charge in [0.2, 0.25) is 5.91 Å². The van der Waals surface area contributed by atoms with Crippen LogP contribution in [0.3, 0.4) is 0 Å². The van der Waals surface area contributed by atoms with Crippen LogP contribution in [0.1, 0.15) is 40.4 Å². The van der Waals surface area contributed by atoms with E-state index in [0.29, 0.717) is 23.0 Å². The smallest absolute Gasteiger partial charge is 0.243 e. The van der Waals surface area contributed by atoms with Gasteiger partial charge in [0.25, 0.3) is 0 Å². The molecule has 1 fully saturated rings. The number of rotatable bonds is 7. The normalized spacial score (nSPS) is 18.1. The minimum atomic E-state index is -1.26. The number of alkyl halides is 1. The lowest BCUT2D eigenvalue weighted by atomic mass is 9.98. The number of hydrogen-bond acceptors (Lipinski definition) is 6. The first-order chi connectivity index (χ1) is 18.9. The van der Waals surface area contributed by atoms with E-state index in [-0.39, 0.29) is 43.4 Å². The zero-order valence-electron chi connectivity index (χ0n) is 21.4. The number of benzene rings is 2. The Hall–Kier alpha value is -4.53. The number of amides is 1.